The highest BCUT2D eigenvalue weighted by Gasteiger charge is 2.23. The molecule has 0 fully saturated rings. The SMILES string of the molecule is CNC(=O)c1ncn2nc(-c3c(Cl)ccc(NS(=O)(=O)c4cc(Cl)cnc4C)c3F)ccc12. The van der Waals surface area contributed by atoms with E-state index in [1.54, 1.807) is 0 Å². The van der Waals surface area contributed by atoms with Crippen LogP contribution >= 0.6 is 23.2 Å². The molecule has 2 N–H and O–H groups in total. The minimum absolute atomic E-state index is 0.00883. The second kappa shape index (κ2) is 8.58. The van der Waals surface area contributed by atoms with Gasteiger partial charge in [-0.15, -0.1) is 0 Å². The number of hydrogen-bond acceptors (Lipinski definition) is 6. The lowest BCUT2D eigenvalue weighted by Gasteiger charge is -2.14. The Morgan fingerprint density at radius 2 is 1.91 bits per heavy atom. The molecule has 3 heterocycles. The number of nitrogens with zero attached hydrogens (tertiary/aromatic N) is 4. The molecule has 1 aromatic carbocycles. The number of imidazole rings is 1. The number of aromatic nitrogens is 4. The summed E-state index contributed by atoms with van der Waals surface area (Å²) in [5.74, 6) is -1.34. The molecule has 33 heavy (non-hydrogen) atoms. The number of carbonyl (C=O) groups is 1. The van der Waals surface area contributed by atoms with E-state index in [2.05, 4.69) is 25.1 Å². The van der Waals surface area contributed by atoms with E-state index in [-0.39, 0.29) is 43.3 Å². The molecule has 0 bridgehead atoms. The molecule has 0 saturated carbocycles. The van der Waals surface area contributed by atoms with Gasteiger partial charge in [-0.3, -0.25) is 14.5 Å². The Morgan fingerprint density at radius 3 is 2.64 bits per heavy atom. The summed E-state index contributed by atoms with van der Waals surface area (Å²) in [5.41, 5.74) is 0.376. The summed E-state index contributed by atoms with van der Waals surface area (Å²) in [6.07, 6.45) is 2.61. The Balaban J connectivity index is 1.78. The quantitative estimate of drug-likeness (QED) is 0.424. The predicted octanol–water partition coefficient (Wildman–Crippen LogP) is 3.71. The van der Waals surface area contributed by atoms with Crippen molar-refractivity contribution in [2.24, 2.45) is 0 Å². The van der Waals surface area contributed by atoms with E-state index in [1.165, 1.54) is 61.3 Å². The highest BCUT2D eigenvalue weighted by atomic mass is 35.5. The van der Waals surface area contributed by atoms with E-state index >= 15 is 4.39 Å². The summed E-state index contributed by atoms with van der Waals surface area (Å²) in [6.45, 7) is 1.49. The van der Waals surface area contributed by atoms with Crippen molar-refractivity contribution in [2.45, 2.75) is 11.8 Å². The van der Waals surface area contributed by atoms with Gasteiger partial charge in [-0.1, -0.05) is 23.2 Å². The first-order valence-corrected chi connectivity index (χ1v) is 11.6. The smallest absolute Gasteiger partial charge is 0.271 e. The average Bonchev–Trinajstić information content (AvgIpc) is 3.20. The number of amides is 1. The molecule has 170 valence electrons. The zero-order chi connectivity index (χ0) is 23.9. The number of carbonyl (C=O) groups excluding carboxylic acids is 1. The van der Waals surface area contributed by atoms with Gasteiger partial charge in [-0.05, 0) is 37.3 Å². The van der Waals surface area contributed by atoms with E-state index < -0.39 is 21.7 Å². The lowest BCUT2D eigenvalue weighted by molar-refractivity contribution is 0.0960. The zero-order valence-electron chi connectivity index (χ0n) is 17.1. The number of anilines is 1. The van der Waals surface area contributed by atoms with Crippen LogP contribution in [0.5, 0.6) is 0 Å². The van der Waals surface area contributed by atoms with Gasteiger partial charge in [0.05, 0.1) is 38.2 Å². The van der Waals surface area contributed by atoms with Crippen molar-refractivity contribution in [1.29, 1.82) is 0 Å². The maximum Gasteiger partial charge on any atom is 0.271 e. The van der Waals surface area contributed by atoms with Crippen molar-refractivity contribution in [3.05, 3.63) is 70.1 Å². The van der Waals surface area contributed by atoms with Crippen LogP contribution in [0.25, 0.3) is 16.8 Å². The highest BCUT2D eigenvalue weighted by Crippen LogP contribution is 2.35. The van der Waals surface area contributed by atoms with Crippen LogP contribution < -0.4 is 10.0 Å². The fourth-order valence-corrected chi connectivity index (χ4v) is 4.89. The Bertz CT molecular complexity index is 1520. The third-order valence-corrected chi connectivity index (χ3v) is 6.73. The van der Waals surface area contributed by atoms with E-state index in [1.807, 2.05) is 0 Å². The molecule has 0 aliphatic carbocycles. The number of halogens is 3. The van der Waals surface area contributed by atoms with Gasteiger partial charge in [0.1, 0.15) is 11.2 Å². The van der Waals surface area contributed by atoms with Crippen molar-refractivity contribution in [2.75, 3.05) is 11.8 Å². The van der Waals surface area contributed by atoms with Gasteiger partial charge >= 0.3 is 0 Å². The van der Waals surface area contributed by atoms with Crippen LogP contribution in [0.1, 0.15) is 16.2 Å². The van der Waals surface area contributed by atoms with Gasteiger partial charge in [0.2, 0.25) is 0 Å². The van der Waals surface area contributed by atoms with Gasteiger partial charge in [0, 0.05) is 13.2 Å². The minimum Gasteiger partial charge on any atom is -0.354 e. The molecule has 0 spiro atoms. The molecule has 0 unspecified atom stereocenters. The van der Waals surface area contributed by atoms with Gasteiger partial charge < -0.3 is 5.32 Å². The molecule has 4 aromatic rings. The molecule has 4 rings (SSSR count). The fourth-order valence-electron chi connectivity index (χ4n) is 3.15. The Labute approximate surface area is 197 Å². The zero-order valence-corrected chi connectivity index (χ0v) is 19.4. The maximum absolute atomic E-state index is 15.5. The van der Waals surface area contributed by atoms with Crippen LogP contribution in [-0.4, -0.2) is 41.0 Å². The summed E-state index contributed by atoms with van der Waals surface area (Å²) in [7, 11) is -2.73. The second-order valence-corrected chi connectivity index (χ2v) is 9.34. The number of pyridine rings is 1. The van der Waals surface area contributed by atoms with Crippen LogP contribution in [0.4, 0.5) is 10.1 Å². The standard InChI is InChI=1S/C20H15Cl2FN6O3S/c1-10-16(7-11(21)8-25-10)33(31,32)28-14-4-3-12(22)17(18(14)23)13-5-6-15-19(20(30)24-2)26-9-29(15)27-13/h3-9,28H,1-2H3,(H,24,30). The number of benzene rings is 1. The number of nitrogens with one attached hydrogen (secondary N) is 2. The summed E-state index contributed by atoms with van der Waals surface area (Å²) in [6, 6.07) is 6.76. The van der Waals surface area contributed by atoms with Crippen molar-refractivity contribution >= 4 is 50.3 Å². The molecule has 3 aromatic heterocycles. The number of aryl methyl sites for hydroxylation is 1. The summed E-state index contributed by atoms with van der Waals surface area (Å²) >= 11 is 12.1. The van der Waals surface area contributed by atoms with E-state index in [9.17, 15) is 13.2 Å². The Kier molecular flexibility index (Phi) is 5.95. The van der Waals surface area contributed by atoms with Crippen LogP contribution in [0, 0.1) is 12.7 Å². The third-order valence-electron chi connectivity index (χ3n) is 4.73. The molecular weight excluding hydrogens is 494 g/mol. The first-order valence-electron chi connectivity index (χ1n) is 9.32. The van der Waals surface area contributed by atoms with Crippen molar-refractivity contribution in [1.82, 2.24) is 24.9 Å². The van der Waals surface area contributed by atoms with Crippen molar-refractivity contribution in [3.63, 3.8) is 0 Å². The van der Waals surface area contributed by atoms with Gasteiger partial charge in [-0.2, -0.15) is 5.10 Å². The molecule has 13 heteroatoms. The first kappa shape index (κ1) is 22.9. The minimum atomic E-state index is -4.20. The highest BCUT2D eigenvalue weighted by molar-refractivity contribution is 7.92. The predicted molar refractivity (Wildman–Crippen MR) is 122 cm³/mol. The normalized spacial score (nSPS) is 11.5. The van der Waals surface area contributed by atoms with Crippen LogP contribution in [0.3, 0.4) is 0 Å². The monoisotopic (exact) mass is 508 g/mol. The van der Waals surface area contributed by atoms with Crippen molar-refractivity contribution < 1.29 is 17.6 Å². The Morgan fingerprint density at radius 1 is 1.15 bits per heavy atom. The number of rotatable bonds is 5. The molecule has 0 atom stereocenters. The third kappa shape index (κ3) is 4.22. The van der Waals surface area contributed by atoms with E-state index in [4.69, 9.17) is 23.2 Å². The molecule has 0 aliphatic rings. The molecule has 0 radical (unpaired) electrons. The van der Waals surface area contributed by atoms with Gasteiger partial charge in [0.15, 0.2) is 11.5 Å². The topological polar surface area (TPSA) is 118 Å². The lowest BCUT2D eigenvalue weighted by Crippen LogP contribution is -2.18. The summed E-state index contributed by atoms with van der Waals surface area (Å²) in [4.78, 5) is 19.7. The van der Waals surface area contributed by atoms with Gasteiger partial charge in [-0.25, -0.2) is 22.3 Å². The Hall–Kier alpha value is -3.28. The van der Waals surface area contributed by atoms with E-state index in [0.29, 0.717) is 5.52 Å². The fraction of sp³-hybridized carbons (Fsp3) is 0.100. The van der Waals surface area contributed by atoms with Crippen LogP contribution in [0.2, 0.25) is 10.0 Å². The summed E-state index contributed by atoms with van der Waals surface area (Å²) < 4.78 is 44.7. The van der Waals surface area contributed by atoms with Gasteiger partial charge in [0.25, 0.3) is 15.9 Å². The van der Waals surface area contributed by atoms with Crippen molar-refractivity contribution in [3.8, 4) is 11.3 Å². The first-order chi connectivity index (χ1) is 15.6. The summed E-state index contributed by atoms with van der Waals surface area (Å²) in [5, 5.41) is 6.87. The molecule has 0 aliphatic heterocycles. The molecule has 9 nitrogen and oxygen atoms in total. The number of sulfonamides is 1. The number of fused-ring (bicyclic) bond motifs is 1. The maximum atomic E-state index is 15.5. The van der Waals surface area contributed by atoms with E-state index in [0.717, 1.165) is 0 Å². The molecule has 1 amide bonds. The average molecular weight is 509 g/mol. The largest absolute Gasteiger partial charge is 0.354 e. The lowest BCUT2D eigenvalue weighted by atomic mass is 10.1. The van der Waals surface area contributed by atoms with Crippen LogP contribution in [0.15, 0.2) is 47.8 Å². The number of hydrogen-bond donors (Lipinski definition) is 2. The van der Waals surface area contributed by atoms with Crippen LogP contribution in [-0.2, 0) is 10.0 Å². The molecule has 0 saturated heterocycles. The molecular formula is C20H15Cl2FN6O3S. The second-order valence-electron chi connectivity index (χ2n) is 6.85.